The third-order valence-electron chi connectivity index (χ3n) is 7.80. The van der Waals surface area contributed by atoms with Gasteiger partial charge in [-0.05, 0) is 67.9 Å². The molecule has 256 valence electrons. The Morgan fingerprint density at radius 1 is 0.771 bits per heavy atom. The van der Waals surface area contributed by atoms with Crippen molar-refractivity contribution in [3.05, 3.63) is 95.6 Å². The highest BCUT2D eigenvalue weighted by Gasteiger charge is 2.29. The van der Waals surface area contributed by atoms with Crippen molar-refractivity contribution >= 4 is 24.2 Å². The van der Waals surface area contributed by atoms with Crippen LogP contribution in [0.25, 0.3) is 11.1 Å². The smallest absolute Gasteiger partial charge is 0.409 e. The molecule has 11 heteroatoms. The number of likely N-dealkylation sites (N-methyl/N-ethyl adjacent to an activating group) is 1. The summed E-state index contributed by atoms with van der Waals surface area (Å²) in [5.41, 5.74) is 4.74. The van der Waals surface area contributed by atoms with Gasteiger partial charge in [-0.1, -0.05) is 78.9 Å². The van der Waals surface area contributed by atoms with Gasteiger partial charge in [-0.2, -0.15) is 0 Å². The van der Waals surface area contributed by atoms with E-state index in [0.717, 1.165) is 27.8 Å². The summed E-state index contributed by atoms with van der Waals surface area (Å²) in [5, 5.41) is 8.21. The summed E-state index contributed by atoms with van der Waals surface area (Å²) in [6.07, 6.45) is -0.332. The zero-order chi connectivity index (χ0) is 34.5. The normalized spacial score (nSPS) is 12.6. The van der Waals surface area contributed by atoms with Gasteiger partial charge in [0.1, 0.15) is 24.9 Å². The van der Waals surface area contributed by atoms with Crippen LogP contribution in [-0.4, -0.2) is 74.0 Å². The summed E-state index contributed by atoms with van der Waals surface area (Å²) in [6, 6.07) is 24.8. The van der Waals surface area contributed by atoms with Crippen LogP contribution in [0.2, 0.25) is 0 Å². The highest BCUT2D eigenvalue weighted by Crippen LogP contribution is 2.44. The van der Waals surface area contributed by atoms with Gasteiger partial charge >= 0.3 is 18.3 Å². The van der Waals surface area contributed by atoms with E-state index in [1.807, 2.05) is 54.6 Å². The molecule has 0 unspecified atom stereocenters. The number of hydrogen-bond acceptors (Lipinski definition) is 7. The zero-order valence-electron chi connectivity index (χ0n) is 28.1. The number of rotatable bonds is 14. The maximum absolute atomic E-state index is 13.1. The van der Waals surface area contributed by atoms with Crippen molar-refractivity contribution in [2.45, 2.75) is 64.2 Å². The second-order valence-corrected chi connectivity index (χ2v) is 12.7. The molecule has 48 heavy (non-hydrogen) atoms. The third-order valence-corrected chi connectivity index (χ3v) is 7.80. The zero-order valence-corrected chi connectivity index (χ0v) is 28.1. The molecule has 4 amide bonds. The Kier molecular flexibility index (Phi) is 12.8. The molecule has 3 aromatic carbocycles. The van der Waals surface area contributed by atoms with Crippen LogP contribution in [0.4, 0.5) is 14.4 Å². The van der Waals surface area contributed by atoms with E-state index in [9.17, 15) is 19.2 Å². The number of hydrogen-bond donors (Lipinski definition) is 3. The predicted molar refractivity (Wildman–Crippen MR) is 182 cm³/mol. The van der Waals surface area contributed by atoms with Crippen molar-refractivity contribution in [1.29, 1.82) is 0 Å². The first-order valence-electron chi connectivity index (χ1n) is 16.3. The number of amides is 4. The first-order chi connectivity index (χ1) is 23.0. The highest BCUT2D eigenvalue weighted by molar-refractivity contribution is 5.85. The molecule has 3 aromatic rings. The van der Waals surface area contributed by atoms with Gasteiger partial charge in [0.15, 0.2) is 0 Å². The lowest BCUT2D eigenvalue weighted by atomic mass is 9.98. The van der Waals surface area contributed by atoms with Gasteiger partial charge < -0.3 is 35.1 Å². The molecule has 0 aliphatic heterocycles. The summed E-state index contributed by atoms with van der Waals surface area (Å²) in [6.45, 7) is 6.30. The van der Waals surface area contributed by atoms with Crippen LogP contribution in [-0.2, 0) is 25.6 Å². The minimum atomic E-state index is -0.871. The maximum Gasteiger partial charge on any atom is 0.409 e. The van der Waals surface area contributed by atoms with E-state index in [4.69, 9.17) is 14.2 Å². The van der Waals surface area contributed by atoms with Gasteiger partial charge in [-0.3, -0.25) is 4.79 Å². The van der Waals surface area contributed by atoms with Crippen LogP contribution in [0.15, 0.2) is 78.9 Å². The fourth-order valence-electron chi connectivity index (χ4n) is 5.42. The fourth-order valence-corrected chi connectivity index (χ4v) is 5.42. The summed E-state index contributed by atoms with van der Waals surface area (Å²) in [4.78, 5) is 51.8. The van der Waals surface area contributed by atoms with Gasteiger partial charge in [0.2, 0.25) is 5.91 Å². The number of ether oxygens (including phenoxy) is 3. The molecule has 0 saturated carbocycles. The van der Waals surface area contributed by atoms with Crippen LogP contribution in [0, 0.1) is 0 Å². The van der Waals surface area contributed by atoms with Gasteiger partial charge in [-0.25, -0.2) is 14.4 Å². The van der Waals surface area contributed by atoms with Crippen molar-refractivity contribution in [2.75, 3.05) is 33.3 Å². The fraction of sp³-hybridized carbons (Fsp3) is 0.405. The molecule has 0 fully saturated rings. The minimum absolute atomic E-state index is 0.0268. The number of unbranched alkanes of at least 4 members (excludes halogenated alkanes) is 1. The largest absolute Gasteiger partial charge is 0.449 e. The van der Waals surface area contributed by atoms with Crippen LogP contribution >= 0.6 is 0 Å². The van der Waals surface area contributed by atoms with Crippen LogP contribution in [0.3, 0.4) is 0 Å². The Labute approximate surface area is 282 Å². The molecule has 0 saturated heterocycles. The highest BCUT2D eigenvalue weighted by atomic mass is 16.6. The van der Waals surface area contributed by atoms with Crippen molar-refractivity contribution in [1.82, 2.24) is 20.9 Å². The standard InChI is InChI=1S/C37H46N4O7/c1-37(2,3)48-35(44)40-32(33(42)38-22-23-41(4)36(45)47-24-26-14-6-5-7-15-26)20-12-13-21-39-34(43)46-25-31-29-18-10-8-16-27(29)28-17-9-11-19-30(28)31/h5-11,14-19,31-32H,12-13,20-25H2,1-4H3,(H,38,42)(H,39,43)(H,40,44)/t32-/m0/s1. The summed E-state index contributed by atoms with van der Waals surface area (Å²) >= 11 is 0. The Balaban J connectivity index is 1.19. The Morgan fingerprint density at radius 2 is 1.40 bits per heavy atom. The molecule has 0 radical (unpaired) electrons. The average Bonchev–Trinajstić information content (AvgIpc) is 3.38. The predicted octanol–water partition coefficient (Wildman–Crippen LogP) is 5.97. The van der Waals surface area contributed by atoms with E-state index in [2.05, 4.69) is 40.2 Å². The molecule has 1 atom stereocenters. The van der Waals surface area contributed by atoms with Crippen LogP contribution in [0.5, 0.6) is 0 Å². The number of carbonyl (C=O) groups is 4. The molecule has 11 nitrogen and oxygen atoms in total. The van der Waals surface area contributed by atoms with E-state index in [1.54, 1.807) is 27.8 Å². The summed E-state index contributed by atoms with van der Waals surface area (Å²) < 4.78 is 16.3. The van der Waals surface area contributed by atoms with Crippen molar-refractivity contribution in [3.8, 4) is 11.1 Å². The van der Waals surface area contributed by atoms with Crippen LogP contribution < -0.4 is 16.0 Å². The van der Waals surface area contributed by atoms with Crippen molar-refractivity contribution in [2.24, 2.45) is 0 Å². The van der Waals surface area contributed by atoms with Crippen molar-refractivity contribution < 1.29 is 33.4 Å². The second-order valence-electron chi connectivity index (χ2n) is 12.7. The number of nitrogens with one attached hydrogen (secondary N) is 3. The molecule has 1 aliphatic carbocycles. The number of carbonyl (C=O) groups excluding carboxylic acids is 4. The monoisotopic (exact) mass is 658 g/mol. The maximum atomic E-state index is 13.1. The number of fused-ring (bicyclic) bond motifs is 3. The Morgan fingerprint density at radius 3 is 2.04 bits per heavy atom. The lowest BCUT2D eigenvalue weighted by molar-refractivity contribution is -0.123. The van der Waals surface area contributed by atoms with E-state index in [-0.39, 0.29) is 32.2 Å². The number of nitrogens with zero attached hydrogens (tertiary/aromatic N) is 1. The SMILES string of the molecule is CN(CCNC(=O)[C@H](CCCCNC(=O)OCC1c2ccccc2-c2ccccc21)NC(=O)OC(C)(C)C)C(=O)OCc1ccccc1. The van der Waals surface area contributed by atoms with Crippen molar-refractivity contribution in [3.63, 3.8) is 0 Å². The molecule has 0 bridgehead atoms. The summed E-state index contributed by atoms with van der Waals surface area (Å²) in [5.74, 6) is -0.433. The molecule has 0 heterocycles. The molecule has 0 spiro atoms. The molecule has 3 N–H and O–H groups in total. The average molecular weight is 659 g/mol. The molecule has 1 aliphatic rings. The first-order valence-corrected chi connectivity index (χ1v) is 16.3. The number of alkyl carbamates (subject to hydrolysis) is 2. The summed E-state index contributed by atoms with van der Waals surface area (Å²) in [7, 11) is 1.58. The van der Waals surface area contributed by atoms with Gasteiger partial charge in [0.25, 0.3) is 0 Å². The van der Waals surface area contributed by atoms with E-state index < -0.39 is 35.8 Å². The van der Waals surface area contributed by atoms with E-state index >= 15 is 0 Å². The quantitative estimate of drug-likeness (QED) is 0.143. The van der Waals surface area contributed by atoms with Gasteiger partial charge in [0.05, 0.1) is 0 Å². The Hall–Kier alpha value is -5.06. The first kappa shape index (κ1) is 35.8. The van der Waals surface area contributed by atoms with Gasteiger partial charge in [0, 0.05) is 32.6 Å². The van der Waals surface area contributed by atoms with E-state index in [1.165, 1.54) is 4.90 Å². The molecule has 0 aromatic heterocycles. The molecular formula is C37H46N4O7. The van der Waals surface area contributed by atoms with Gasteiger partial charge in [-0.15, -0.1) is 0 Å². The molecule has 4 rings (SSSR count). The lowest BCUT2D eigenvalue weighted by Gasteiger charge is -2.24. The number of benzene rings is 3. The lowest BCUT2D eigenvalue weighted by Crippen LogP contribution is -2.49. The topological polar surface area (TPSA) is 135 Å². The van der Waals surface area contributed by atoms with E-state index in [0.29, 0.717) is 25.8 Å². The third kappa shape index (κ3) is 10.8. The minimum Gasteiger partial charge on any atom is -0.449 e. The van der Waals surface area contributed by atoms with Crippen LogP contribution in [0.1, 0.15) is 62.6 Å². The second kappa shape index (κ2) is 17.2. The molecular weight excluding hydrogens is 612 g/mol. The Bertz CT molecular complexity index is 1490.